The highest BCUT2D eigenvalue weighted by atomic mass is 19.3. The van der Waals surface area contributed by atoms with E-state index in [0.29, 0.717) is 18.9 Å². The third kappa shape index (κ3) is 2.96. The molecule has 0 aromatic rings. The molecule has 1 N–H and O–H groups in total. The molecule has 1 amide bonds. The molecule has 20 heavy (non-hydrogen) atoms. The van der Waals surface area contributed by atoms with Crippen molar-refractivity contribution in [2.24, 2.45) is 5.92 Å². The molecule has 2 saturated heterocycles. The van der Waals surface area contributed by atoms with E-state index in [1.807, 2.05) is 4.90 Å². The minimum atomic E-state index is -2.55. The van der Waals surface area contributed by atoms with E-state index < -0.39 is 5.92 Å². The number of nitrogens with one attached hydrogen (secondary N) is 1. The molecular weight excluding hydrogens is 264 g/mol. The minimum Gasteiger partial charge on any atom is -0.339 e. The van der Waals surface area contributed by atoms with Crippen LogP contribution in [0.4, 0.5) is 8.78 Å². The van der Waals surface area contributed by atoms with E-state index in [1.54, 1.807) is 0 Å². The SMILES string of the molecule is O=C(C1CCC(F)(F)CC1)N1CC(N2CCNCC2)C1. The van der Waals surface area contributed by atoms with Gasteiger partial charge in [0.1, 0.15) is 0 Å². The quantitative estimate of drug-likeness (QED) is 0.820. The second-order valence-corrected chi connectivity index (χ2v) is 6.31. The number of nitrogens with zero attached hydrogens (tertiary/aromatic N) is 2. The molecule has 3 fully saturated rings. The zero-order chi connectivity index (χ0) is 14.2. The van der Waals surface area contributed by atoms with E-state index in [-0.39, 0.29) is 24.7 Å². The van der Waals surface area contributed by atoms with E-state index in [1.165, 1.54) is 0 Å². The number of rotatable bonds is 2. The fraction of sp³-hybridized carbons (Fsp3) is 0.929. The summed E-state index contributed by atoms with van der Waals surface area (Å²) < 4.78 is 26.2. The van der Waals surface area contributed by atoms with E-state index in [0.717, 1.165) is 39.3 Å². The second-order valence-electron chi connectivity index (χ2n) is 6.31. The number of amides is 1. The molecule has 4 nitrogen and oxygen atoms in total. The maximum atomic E-state index is 13.1. The van der Waals surface area contributed by atoms with Crippen molar-refractivity contribution in [1.82, 2.24) is 15.1 Å². The standard InChI is InChI=1S/C14H23F2N3O/c15-14(16)3-1-11(2-4-14)13(20)19-9-12(10-19)18-7-5-17-6-8-18/h11-12,17H,1-10H2. The Bertz CT molecular complexity index is 355. The van der Waals surface area contributed by atoms with Crippen LogP contribution in [0.25, 0.3) is 0 Å². The van der Waals surface area contributed by atoms with Crippen LogP contribution >= 0.6 is 0 Å². The van der Waals surface area contributed by atoms with Crippen LogP contribution in [0.15, 0.2) is 0 Å². The Balaban J connectivity index is 1.44. The molecule has 3 aliphatic rings. The van der Waals surface area contributed by atoms with Gasteiger partial charge in [-0.2, -0.15) is 0 Å². The summed E-state index contributed by atoms with van der Waals surface area (Å²) in [5.74, 6) is -2.61. The summed E-state index contributed by atoms with van der Waals surface area (Å²) >= 11 is 0. The van der Waals surface area contributed by atoms with Crippen molar-refractivity contribution < 1.29 is 13.6 Å². The lowest BCUT2D eigenvalue weighted by molar-refractivity contribution is -0.147. The number of carbonyl (C=O) groups is 1. The molecule has 1 aliphatic carbocycles. The van der Waals surface area contributed by atoms with Gasteiger partial charge in [-0.1, -0.05) is 0 Å². The molecule has 2 aliphatic heterocycles. The van der Waals surface area contributed by atoms with Crippen LogP contribution in [0.3, 0.4) is 0 Å². The van der Waals surface area contributed by atoms with Gasteiger partial charge in [-0.15, -0.1) is 0 Å². The van der Waals surface area contributed by atoms with E-state index in [9.17, 15) is 13.6 Å². The van der Waals surface area contributed by atoms with Crippen molar-refractivity contribution in [1.29, 1.82) is 0 Å². The Labute approximate surface area is 118 Å². The number of piperazine rings is 1. The summed E-state index contributed by atoms with van der Waals surface area (Å²) in [7, 11) is 0. The number of hydrogen-bond donors (Lipinski definition) is 1. The Kier molecular flexibility index (Phi) is 3.95. The summed E-state index contributed by atoms with van der Waals surface area (Å²) in [5, 5.41) is 3.32. The average Bonchev–Trinajstić information content (AvgIpc) is 2.38. The van der Waals surface area contributed by atoms with Gasteiger partial charge in [-0.05, 0) is 12.8 Å². The Morgan fingerprint density at radius 3 is 2.30 bits per heavy atom. The normalized spacial score (nSPS) is 29.2. The first kappa shape index (κ1) is 14.2. The molecule has 114 valence electrons. The van der Waals surface area contributed by atoms with Crippen molar-refractivity contribution in [3.8, 4) is 0 Å². The van der Waals surface area contributed by atoms with E-state index in [2.05, 4.69) is 10.2 Å². The monoisotopic (exact) mass is 287 g/mol. The number of halogens is 2. The van der Waals surface area contributed by atoms with Gasteiger partial charge in [0.15, 0.2) is 0 Å². The van der Waals surface area contributed by atoms with Crippen LogP contribution in [0.5, 0.6) is 0 Å². The predicted octanol–water partition coefficient (Wildman–Crippen LogP) is 0.928. The van der Waals surface area contributed by atoms with Gasteiger partial charge < -0.3 is 10.2 Å². The highest BCUT2D eigenvalue weighted by Crippen LogP contribution is 2.37. The average molecular weight is 287 g/mol. The van der Waals surface area contributed by atoms with Crippen molar-refractivity contribution in [3.63, 3.8) is 0 Å². The summed E-state index contributed by atoms with van der Waals surface area (Å²) in [5.41, 5.74) is 0. The minimum absolute atomic E-state index is 0.104. The van der Waals surface area contributed by atoms with Crippen LogP contribution in [0, 0.1) is 5.92 Å². The summed E-state index contributed by atoms with van der Waals surface area (Å²) in [4.78, 5) is 16.6. The molecule has 0 spiro atoms. The lowest BCUT2D eigenvalue weighted by Gasteiger charge is -2.48. The van der Waals surface area contributed by atoms with Gasteiger partial charge >= 0.3 is 0 Å². The van der Waals surface area contributed by atoms with E-state index >= 15 is 0 Å². The summed E-state index contributed by atoms with van der Waals surface area (Å²) in [6, 6.07) is 0.478. The molecule has 0 atom stereocenters. The highest BCUT2D eigenvalue weighted by Gasteiger charge is 2.42. The molecule has 0 radical (unpaired) electrons. The Morgan fingerprint density at radius 1 is 1.10 bits per heavy atom. The van der Waals surface area contributed by atoms with Crippen molar-refractivity contribution in [2.75, 3.05) is 39.3 Å². The molecule has 0 aromatic heterocycles. The molecule has 3 rings (SSSR count). The van der Waals surface area contributed by atoms with Crippen LogP contribution in [0.1, 0.15) is 25.7 Å². The first-order chi connectivity index (χ1) is 9.55. The highest BCUT2D eigenvalue weighted by molar-refractivity contribution is 5.79. The largest absolute Gasteiger partial charge is 0.339 e. The van der Waals surface area contributed by atoms with Gasteiger partial charge in [-0.25, -0.2) is 8.78 Å². The summed E-state index contributed by atoms with van der Waals surface area (Å²) in [6.45, 7) is 5.69. The number of likely N-dealkylation sites (tertiary alicyclic amines) is 1. The molecule has 0 aromatic carbocycles. The van der Waals surface area contributed by atoms with E-state index in [4.69, 9.17) is 0 Å². The lowest BCUT2D eigenvalue weighted by atomic mass is 9.85. The number of carbonyl (C=O) groups excluding carboxylic acids is 1. The number of hydrogen-bond acceptors (Lipinski definition) is 3. The third-order valence-electron chi connectivity index (χ3n) is 4.91. The van der Waals surface area contributed by atoms with Crippen molar-refractivity contribution >= 4 is 5.91 Å². The Morgan fingerprint density at radius 2 is 1.70 bits per heavy atom. The smallest absolute Gasteiger partial charge is 0.248 e. The zero-order valence-electron chi connectivity index (χ0n) is 11.8. The number of alkyl halides is 2. The van der Waals surface area contributed by atoms with Gasteiger partial charge in [0, 0.05) is 64.1 Å². The maximum absolute atomic E-state index is 13.1. The maximum Gasteiger partial charge on any atom is 0.248 e. The van der Waals surface area contributed by atoms with Gasteiger partial charge in [-0.3, -0.25) is 9.69 Å². The lowest BCUT2D eigenvalue weighted by Crippen LogP contribution is -2.64. The van der Waals surface area contributed by atoms with Crippen molar-refractivity contribution in [2.45, 2.75) is 37.6 Å². The van der Waals surface area contributed by atoms with Crippen LogP contribution < -0.4 is 5.32 Å². The molecular formula is C14H23F2N3O. The molecule has 6 heteroatoms. The Hall–Kier alpha value is -0.750. The molecule has 1 saturated carbocycles. The first-order valence-corrected chi connectivity index (χ1v) is 7.66. The van der Waals surface area contributed by atoms with Crippen molar-refractivity contribution in [3.05, 3.63) is 0 Å². The zero-order valence-corrected chi connectivity index (χ0v) is 11.8. The molecule has 0 unspecified atom stereocenters. The topological polar surface area (TPSA) is 35.6 Å². The van der Waals surface area contributed by atoms with Gasteiger partial charge in [0.25, 0.3) is 0 Å². The van der Waals surface area contributed by atoms with Gasteiger partial charge in [0.2, 0.25) is 11.8 Å². The predicted molar refractivity (Wildman–Crippen MR) is 71.7 cm³/mol. The third-order valence-corrected chi connectivity index (χ3v) is 4.91. The second kappa shape index (κ2) is 5.56. The van der Waals surface area contributed by atoms with Crippen LogP contribution in [-0.4, -0.2) is 66.9 Å². The van der Waals surface area contributed by atoms with Crippen LogP contribution in [0.2, 0.25) is 0 Å². The fourth-order valence-corrected chi connectivity index (χ4v) is 3.46. The molecule has 2 heterocycles. The first-order valence-electron chi connectivity index (χ1n) is 7.66. The fourth-order valence-electron chi connectivity index (χ4n) is 3.46. The summed E-state index contributed by atoms with van der Waals surface area (Å²) in [6.07, 6.45) is 0.443. The van der Waals surface area contributed by atoms with Gasteiger partial charge in [0.05, 0.1) is 0 Å². The van der Waals surface area contributed by atoms with Crippen LogP contribution in [-0.2, 0) is 4.79 Å². The molecule has 0 bridgehead atoms.